The van der Waals surface area contributed by atoms with Crippen molar-refractivity contribution in [2.75, 3.05) is 7.11 Å². The van der Waals surface area contributed by atoms with Crippen molar-refractivity contribution in [3.05, 3.63) is 68.4 Å². The molecule has 0 N–H and O–H groups in total. The third-order valence-electron chi connectivity index (χ3n) is 5.05. The fourth-order valence-corrected chi connectivity index (χ4v) is 4.17. The molecule has 3 aromatic rings. The lowest BCUT2D eigenvalue weighted by atomic mass is 9.96. The van der Waals surface area contributed by atoms with Crippen LogP contribution >= 0.6 is 22.6 Å². The van der Waals surface area contributed by atoms with Gasteiger partial charge in [0, 0.05) is 44.9 Å². The summed E-state index contributed by atoms with van der Waals surface area (Å²) in [5.41, 5.74) is 2.18. The number of rotatable bonds is 4. The zero-order valence-electron chi connectivity index (χ0n) is 15.6. The maximum absolute atomic E-state index is 12.8. The van der Waals surface area contributed by atoms with Gasteiger partial charge in [-0.25, -0.2) is 4.98 Å². The van der Waals surface area contributed by atoms with Crippen LogP contribution in [0, 0.1) is 10.5 Å². The van der Waals surface area contributed by atoms with E-state index in [4.69, 9.17) is 9.47 Å². The van der Waals surface area contributed by atoms with Gasteiger partial charge in [0.15, 0.2) is 5.76 Å². The van der Waals surface area contributed by atoms with Gasteiger partial charge >= 0.3 is 0 Å². The number of ketones is 2. The molecule has 2 aromatic heterocycles. The number of ether oxygens (including phenoxy) is 2. The van der Waals surface area contributed by atoms with Crippen LogP contribution in [0.1, 0.15) is 32.1 Å². The zero-order valence-corrected chi connectivity index (χ0v) is 17.7. The van der Waals surface area contributed by atoms with Gasteiger partial charge in [-0.05, 0) is 47.7 Å². The van der Waals surface area contributed by atoms with Crippen molar-refractivity contribution >= 4 is 44.9 Å². The summed E-state index contributed by atoms with van der Waals surface area (Å²) < 4.78 is 14.0. The molecule has 0 saturated heterocycles. The molecule has 0 atom stereocenters. The maximum Gasteiger partial charge on any atom is 0.230 e. The third kappa shape index (κ3) is 2.81. The first kappa shape index (κ1) is 18.7. The molecule has 1 aliphatic carbocycles. The summed E-state index contributed by atoms with van der Waals surface area (Å²) in [6.45, 7) is 1.99. The minimum absolute atomic E-state index is 0.0437. The number of allylic oxidation sites excluding steroid dienone is 2. The molecule has 0 unspecified atom stereocenters. The minimum Gasteiger partial charge on any atom is -0.492 e. The van der Waals surface area contributed by atoms with Gasteiger partial charge in [0.2, 0.25) is 17.4 Å². The van der Waals surface area contributed by atoms with Gasteiger partial charge < -0.3 is 14.0 Å². The minimum atomic E-state index is -0.306. The van der Waals surface area contributed by atoms with E-state index in [0.717, 1.165) is 20.0 Å². The molecule has 1 aromatic carbocycles. The number of Topliss-reactive ketones (excluding diaryl/α,β-unsaturated/α-hetero) is 1. The third-order valence-corrected chi connectivity index (χ3v) is 5.99. The summed E-state index contributed by atoms with van der Waals surface area (Å²) >= 11 is 2.27. The number of fused-ring (bicyclic) bond motifs is 2. The summed E-state index contributed by atoms with van der Waals surface area (Å²) in [5, 5.41) is 1.95. The zero-order chi connectivity index (χ0) is 20.0. The Kier molecular flexibility index (Phi) is 4.70. The van der Waals surface area contributed by atoms with Crippen LogP contribution < -0.4 is 4.74 Å². The second-order valence-electron chi connectivity index (χ2n) is 6.49. The lowest BCUT2D eigenvalue weighted by Gasteiger charge is -2.14. The first-order chi connectivity index (χ1) is 13.4. The molecule has 7 heteroatoms. The van der Waals surface area contributed by atoms with E-state index in [0.29, 0.717) is 22.7 Å². The smallest absolute Gasteiger partial charge is 0.230 e. The molecule has 28 heavy (non-hydrogen) atoms. The van der Waals surface area contributed by atoms with Gasteiger partial charge in [-0.1, -0.05) is 6.07 Å². The van der Waals surface area contributed by atoms with Gasteiger partial charge in [0.25, 0.3) is 0 Å². The van der Waals surface area contributed by atoms with Crippen LogP contribution in [-0.4, -0.2) is 28.2 Å². The van der Waals surface area contributed by atoms with Gasteiger partial charge in [-0.3, -0.25) is 9.59 Å². The van der Waals surface area contributed by atoms with Crippen molar-refractivity contribution in [3.8, 4) is 5.88 Å². The molecule has 142 valence electrons. The molecule has 1 aliphatic rings. The average molecular weight is 488 g/mol. The van der Waals surface area contributed by atoms with Crippen molar-refractivity contribution in [1.29, 1.82) is 0 Å². The second kappa shape index (κ2) is 7.05. The standard InChI is InChI=1S/C21H17IN2O4/c1-11-14(18-19(24(11)2)16(25)9-17(27-3)20(18)26)10-28-21-13-5-4-6-15(22)12(13)7-8-23-21/h4-9H,10H2,1-3H3. The number of carbonyl (C=O) groups is 2. The Morgan fingerprint density at radius 3 is 2.71 bits per heavy atom. The molecule has 0 saturated carbocycles. The van der Waals surface area contributed by atoms with Crippen molar-refractivity contribution in [2.24, 2.45) is 7.05 Å². The highest BCUT2D eigenvalue weighted by molar-refractivity contribution is 14.1. The number of methoxy groups -OCH3 is 1. The highest BCUT2D eigenvalue weighted by Gasteiger charge is 2.34. The number of benzene rings is 1. The SMILES string of the molecule is COC1=CC(=O)c2c(c(COc3nccc4c(I)cccc34)c(C)n2C)C1=O. The Labute approximate surface area is 175 Å². The summed E-state index contributed by atoms with van der Waals surface area (Å²) in [4.78, 5) is 29.7. The molecule has 0 amide bonds. The molecule has 0 fully saturated rings. The van der Waals surface area contributed by atoms with Crippen LogP contribution in [0.4, 0.5) is 0 Å². The van der Waals surface area contributed by atoms with Crippen LogP contribution in [0.2, 0.25) is 0 Å². The van der Waals surface area contributed by atoms with E-state index < -0.39 is 0 Å². The number of aromatic nitrogens is 2. The Hall–Kier alpha value is -2.68. The van der Waals surface area contributed by atoms with E-state index in [1.807, 2.05) is 31.2 Å². The van der Waals surface area contributed by atoms with Crippen LogP contribution in [0.3, 0.4) is 0 Å². The summed E-state index contributed by atoms with van der Waals surface area (Å²) in [6, 6.07) is 7.87. The highest BCUT2D eigenvalue weighted by Crippen LogP contribution is 2.32. The first-order valence-electron chi connectivity index (χ1n) is 8.63. The number of hydrogen-bond donors (Lipinski definition) is 0. The van der Waals surface area contributed by atoms with Crippen molar-refractivity contribution in [1.82, 2.24) is 9.55 Å². The maximum atomic E-state index is 12.8. The van der Waals surface area contributed by atoms with Gasteiger partial charge in [0.1, 0.15) is 12.3 Å². The van der Waals surface area contributed by atoms with Crippen LogP contribution in [0.5, 0.6) is 5.88 Å². The fourth-order valence-electron chi connectivity index (χ4n) is 3.50. The van der Waals surface area contributed by atoms with Crippen molar-refractivity contribution in [3.63, 3.8) is 0 Å². The number of pyridine rings is 1. The molecule has 0 bridgehead atoms. The summed E-state index contributed by atoms with van der Waals surface area (Å²) in [5.74, 6) is -0.0201. The topological polar surface area (TPSA) is 70.4 Å². The lowest BCUT2D eigenvalue weighted by Crippen LogP contribution is -2.20. The van der Waals surface area contributed by atoms with Gasteiger partial charge in [-0.2, -0.15) is 0 Å². The van der Waals surface area contributed by atoms with Gasteiger partial charge in [0.05, 0.1) is 12.7 Å². The largest absolute Gasteiger partial charge is 0.492 e. The molecule has 2 heterocycles. The van der Waals surface area contributed by atoms with Crippen LogP contribution in [-0.2, 0) is 18.4 Å². The van der Waals surface area contributed by atoms with Gasteiger partial charge in [-0.15, -0.1) is 0 Å². The first-order valence-corrected chi connectivity index (χ1v) is 9.70. The Bertz CT molecular complexity index is 1180. The Balaban J connectivity index is 1.76. The molecule has 0 spiro atoms. The van der Waals surface area contributed by atoms with E-state index in [1.54, 1.807) is 17.8 Å². The summed E-state index contributed by atoms with van der Waals surface area (Å²) in [6.07, 6.45) is 2.94. The Morgan fingerprint density at radius 1 is 1.18 bits per heavy atom. The Morgan fingerprint density at radius 2 is 1.96 bits per heavy atom. The quantitative estimate of drug-likeness (QED) is 0.520. The summed E-state index contributed by atoms with van der Waals surface area (Å²) in [7, 11) is 3.16. The molecule has 4 rings (SSSR count). The molecule has 0 radical (unpaired) electrons. The van der Waals surface area contributed by atoms with Crippen molar-refractivity contribution < 1.29 is 19.1 Å². The predicted octanol–water partition coefficient (Wildman–Crippen LogP) is 3.97. The lowest BCUT2D eigenvalue weighted by molar-refractivity contribution is 0.0912. The van der Waals surface area contributed by atoms with Crippen molar-refractivity contribution in [2.45, 2.75) is 13.5 Å². The fraction of sp³-hybridized carbons (Fsp3) is 0.190. The van der Waals surface area contributed by atoms with E-state index in [1.165, 1.54) is 13.2 Å². The number of nitrogens with zero attached hydrogens (tertiary/aromatic N) is 2. The molecule has 0 aliphatic heterocycles. The molecular formula is C21H17IN2O4. The molecular weight excluding hydrogens is 471 g/mol. The van der Waals surface area contributed by atoms with E-state index in [9.17, 15) is 9.59 Å². The number of hydrogen-bond acceptors (Lipinski definition) is 5. The van der Waals surface area contributed by atoms with E-state index >= 15 is 0 Å². The van der Waals surface area contributed by atoms with Crippen LogP contribution in [0.25, 0.3) is 10.8 Å². The average Bonchev–Trinajstić information content (AvgIpc) is 2.95. The van der Waals surface area contributed by atoms with Crippen LogP contribution in [0.15, 0.2) is 42.3 Å². The predicted molar refractivity (Wildman–Crippen MR) is 113 cm³/mol. The van der Waals surface area contributed by atoms with E-state index in [2.05, 4.69) is 27.6 Å². The monoisotopic (exact) mass is 488 g/mol. The number of halogens is 1. The van der Waals surface area contributed by atoms with E-state index in [-0.39, 0.29) is 23.9 Å². The second-order valence-corrected chi connectivity index (χ2v) is 7.65. The normalized spacial score (nSPS) is 13.5. The highest BCUT2D eigenvalue weighted by atomic mass is 127. The molecule has 6 nitrogen and oxygen atoms in total. The number of carbonyl (C=O) groups excluding carboxylic acids is 2.